The topological polar surface area (TPSA) is 111 Å². The molecule has 0 aromatic carbocycles. The van der Waals surface area contributed by atoms with E-state index in [-0.39, 0.29) is 0 Å². The molecule has 6 aliphatic rings. The summed E-state index contributed by atoms with van der Waals surface area (Å²) in [6.45, 7) is 17.9. The van der Waals surface area contributed by atoms with E-state index in [4.69, 9.17) is 47.4 Å². The molecule has 0 spiro atoms. The van der Waals surface area contributed by atoms with Crippen LogP contribution in [0, 0.1) is 0 Å². The van der Waals surface area contributed by atoms with Crippen LogP contribution < -0.4 is 0 Å². The first kappa shape index (κ1) is 28.8. The van der Waals surface area contributed by atoms with Crippen LogP contribution in [0.3, 0.4) is 0 Å². The molecule has 36 heavy (non-hydrogen) atoms. The zero-order chi connectivity index (χ0) is 26.1. The first-order chi connectivity index (χ1) is 17.0. The maximum atomic E-state index is 6.99. The Bertz CT molecular complexity index is 781. The van der Waals surface area contributed by atoms with E-state index in [1.165, 1.54) is 0 Å². The molecule has 0 unspecified atom stereocenters. The summed E-state index contributed by atoms with van der Waals surface area (Å²) in [6.07, 6.45) is 0. The molecule has 0 saturated carbocycles. The van der Waals surface area contributed by atoms with Crippen LogP contribution in [0.2, 0.25) is 42.3 Å². The van der Waals surface area contributed by atoms with Crippen LogP contribution in [-0.2, 0) is 47.4 Å². The fourth-order valence-corrected chi connectivity index (χ4v) is 63.5. The molecular weight excluding hydrogens is 653 g/mol. The second-order valence-electron chi connectivity index (χ2n) is 9.29. The Balaban J connectivity index is 1.87. The van der Waals surface area contributed by atoms with Gasteiger partial charge in [0.1, 0.15) is 0 Å². The van der Waals surface area contributed by atoms with Gasteiger partial charge in [-0.15, -0.1) is 0 Å². The molecule has 0 amide bonds. The van der Waals surface area contributed by atoms with Crippen molar-refractivity contribution < 1.29 is 47.4 Å². The van der Waals surface area contributed by atoms with E-state index in [0.717, 1.165) is 0 Å². The molecule has 6 heterocycles. The molecule has 0 radical (unpaired) electrons. The molecule has 6 fully saturated rings. The molecule has 0 aliphatic carbocycles. The van der Waals surface area contributed by atoms with Gasteiger partial charge in [-0.3, -0.25) is 0 Å². The molecule has 6 aliphatic heterocycles. The summed E-state index contributed by atoms with van der Waals surface area (Å²) in [5, 5.41) is 0. The van der Waals surface area contributed by atoms with Crippen LogP contribution in [0.15, 0.2) is 11.5 Å². The molecular formula is C16H38GeO12Si7. The zero-order valence-corrected chi connectivity index (χ0v) is 31.2. The van der Waals surface area contributed by atoms with Crippen molar-refractivity contribution >= 4 is 75.9 Å². The SMILES string of the molecule is C=[CH][Ge]12[O][Si]3(CC)O[Si]4(CC)O[Si]5(CC)O[Si](CC)(O3)O[Si](CC)(O[Si](CC)(O5)O[Si](CC)(O4)[O]1)[O]2. The van der Waals surface area contributed by atoms with Crippen LogP contribution >= 0.6 is 0 Å². The molecule has 8 bridgehead atoms. The fraction of sp³-hybridized carbons (Fsp3) is 0.875. The maximum absolute atomic E-state index is 6.99. The molecule has 206 valence electrons. The van der Waals surface area contributed by atoms with Gasteiger partial charge >= 0.3 is 226 Å². The van der Waals surface area contributed by atoms with Gasteiger partial charge < -0.3 is 0 Å². The van der Waals surface area contributed by atoms with Crippen molar-refractivity contribution in [3.63, 3.8) is 0 Å². The van der Waals surface area contributed by atoms with E-state index in [1.807, 2.05) is 48.5 Å². The summed E-state index contributed by atoms with van der Waals surface area (Å²) in [7, 11) is -24.9. The van der Waals surface area contributed by atoms with Gasteiger partial charge in [0.2, 0.25) is 0 Å². The Kier molecular flexibility index (Phi) is 7.55. The monoisotopic (exact) mass is 692 g/mol. The summed E-state index contributed by atoms with van der Waals surface area (Å²) in [6, 6.07) is 3.09. The van der Waals surface area contributed by atoms with Crippen LogP contribution in [0.25, 0.3) is 0 Å². The van der Waals surface area contributed by atoms with E-state index in [2.05, 4.69) is 6.58 Å². The fourth-order valence-electron chi connectivity index (χ4n) is 4.92. The third kappa shape index (κ3) is 4.39. The van der Waals surface area contributed by atoms with Crippen molar-refractivity contribution in [3.05, 3.63) is 11.5 Å². The number of hydrogen-bond donors (Lipinski definition) is 0. The molecule has 6 rings (SSSR count). The van der Waals surface area contributed by atoms with Crippen molar-refractivity contribution in [1.29, 1.82) is 0 Å². The average molecular weight is 692 g/mol. The van der Waals surface area contributed by atoms with Crippen molar-refractivity contribution in [3.8, 4) is 0 Å². The van der Waals surface area contributed by atoms with Crippen LogP contribution in [0.4, 0.5) is 0 Å². The Morgan fingerprint density at radius 2 is 0.611 bits per heavy atom. The first-order valence-corrected chi connectivity index (χ1v) is 30.3. The quantitative estimate of drug-likeness (QED) is 0.347. The van der Waals surface area contributed by atoms with Crippen LogP contribution in [-0.4, -0.2) is 75.9 Å². The second-order valence-corrected chi connectivity index (χ2v) is 39.0. The molecule has 0 atom stereocenters. The van der Waals surface area contributed by atoms with Gasteiger partial charge in [-0.2, -0.15) is 0 Å². The molecule has 20 heteroatoms. The molecule has 0 aromatic rings. The Morgan fingerprint density at radius 3 is 0.778 bits per heavy atom. The number of hydrogen-bond acceptors (Lipinski definition) is 12. The third-order valence-electron chi connectivity index (χ3n) is 6.97. The molecule has 6 saturated heterocycles. The second kappa shape index (κ2) is 9.43. The van der Waals surface area contributed by atoms with Gasteiger partial charge in [-0.05, 0) is 0 Å². The minimum absolute atomic E-state index is 0.432. The van der Waals surface area contributed by atoms with Gasteiger partial charge in [-0.25, -0.2) is 0 Å². The van der Waals surface area contributed by atoms with Crippen LogP contribution in [0.5, 0.6) is 0 Å². The Hall–Kier alpha value is 1.32. The summed E-state index contributed by atoms with van der Waals surface area (Å²) in [5.41, 5.74) is 0. The average Bonchev–Trinajstić information content (AvgIpc) is 2.82. The standard InChI is InChI=1S/C16H38GeO12Si7/c1-9-17-18-30(10-2)21-33(13-5)23-31(11-3,19-17)25-35(15-7)26-32(12-4,20-17)24-34(14-6,22-30)28-36(16-8,27-33)29-35/h9H,1,10-16H2,2-8H3. The molecule has 0 N–H and O–H groups in total. The van der Waals surface area contributed by atoms with E-state index in [9.17, 15) is 0 Å². The predicted octanol–water partition coefficient (Wildman–Crippen LogP) is 3.63. The number of rotatable bonds is 8. The van der Waals surface area contributed by atoms with Crippen molar-refractivity contribution in [1.82, 2.24) is 0 Å². The van der Waals surface area contributed by atoms with Gasteiger partial charge in [0, 0.05) is 0 Å². The van der Waals surface area contributed by atoms with Gasteiger partial charge in [-0.1, -0.05) is 0 Å². The first-order valence-electron chi connectivity index (χ1n) is 13.0. The molecule has 0 aromatic heterocycles. The summed E-state index contributed by atoms with van der Waals surface area (Å²) >= 11 is -4.45. The predicted molar refractivity (Wildman–Crippen MR) is 143 cm³/mol. The van der Waals surface area contributed by atoms with Crippen molar-refractivity contribution in [2.24, 2.45) is 0 Å². The van der Waals surface area contributed by atoms with E-state index < -0.39 is 75.9 Å². The zero-order valence-electron chi connectivity index (χ0n) is 22.1. The van der Waals surface area contributed by atoms with Gasteiger partial charge in [0.05, 0.1) is 0 Å². The summed E-state index contributed by atoms with van der Waals surface area (Å²) in [5.74, 6) is 0. The van der Waals surface area contributed by atoms with Gasteiger partial charge in [0.25, 0.3) is 0 Å². The Morgan fingerprint density at radius 1 is 0.417 bits per heavy atom. The van der Waals surface area contributed by atoms with Crippen molar-refractivity contribution in [2.45, 2.75) is 90.8 Å². The van der Waals surface area contributed by atoms with E-state index >= 15 is 0 Å². The third-order valence-corrected chi connectivity index (χ3v) is 49.5. The van der Waals surface area contributed by atoms with E-state index in [1.54, 1.807) is 4.91 Å². The van der Waals surface area contributed by atoms with Gasteiger partial charge in [0.15, 0.2) is 0 Å². The normalized spacial score (nSPS) is 53.9. The van der Waals surface area contributed by atoms with Crippen molar-refractivity contribution in [2.75, 3.05) is 0 Å². The molecule has 12 nitrogen and oxygen atoms in total. The summed E-state index contributed by atoms with van der Waals surface area (Å²) < 4.78 is 83.6. The summed E-state index contributed by atoms with van der Waals surface area (Å²) in [4.78, 5) is 1.64. The minimum atomic E-state index is -4.45. The van der Waals surface area contributed by atoms with Crippen LogP contribution in [0.1, 0.15) is 48.5 Å². The van der Waals surface area contributed by atoms with E-state index in [0.29, 0.717) is 42.3 Å². The Labute approximate surface area is 224 Å².